The van der Waals surface area contributed by atoms with Crippen molar-refractivity contribution in [3.05, 3.63) is 58.5 Å². The molecule has 0 unspecified atom stereocenters. The van der Waals surface area contributed by atoms with E-state index in [0.717, 1.165) is 0 Å². The van der Waals surface area contributed by atoms with Gasteiger partial charge in [0.15, 0.2) is 5.76 Å². The lowest BCUT2D eigenvalue weighted by Gasteiger charge is -2.36. The van der Waals surface area contributed by atoms with Gasteiger partial charge in [-0.3, -0.25) is 9.59 Å². The smallest absolute Gasteiger partial charge is 0.263 e. The molecule has 0 aliphatic carbocycles. The Hall–Kier alpha value is -3.16. The number of amides is 1. The lowest BCUT2D eigenvalue weighted by molar-refractivity contribution is 0.0567. The number of aromatic nitrogens is 3. The molecule has 0 spiro atoms. The summed E-state index contributed by atoms with van der Waals surface area (Å²) in [5.41, 5.74) is -0.135. The molecule has 8 nitrogen and oxygen atoms in total. The zero-order valence-electron chi connectivity index (χ0n) is 12.9. The number of rotatable bonds is 3. The number of pyridine rings is 1. The van der Waals surface area contributed by atoms with Crippen LogP contribution in [0.4, 0.5) is 0 Å². The van der Waals surface area contributed by atoms with Crippen LogP contribution in [0.25, 0.3) is 11.6 Å². The molecule has 1 aliphatic heterocycles. The molecule has 3 aromatic rings. The molecule has 0 N–H and O–H groups in total. The summed E-state index contributed by atoms with van der Waals surface area (Å²) in [4.78, 5) is 30.3. The molecule has 3 aromatic heterocycles. The summed E-state index contributed by atoms with van der Waals surface area (Å²) in [5, 5.41) is 3.88. The number of furan rings is 1. The lowest BCUT2D eigenvalue weighted by atomic mass is 9.99. The fraction of sp³-hybridized carbons (Fsp3) is 0.250. The first kappa shape index (κ1) is 14.4. The Morgan fingerprint density at radius 2 is 2.12 bits per heavy atom. The van der Waals surface area contributed by atoms with E-state index in [-0.39, 0.29) is 22.9 Å². The number of hydrogen-bond acceptors (Lipinski definition) is 6. The quantitative estimate of drug-likeness (QED) is 0.719. The first-order valence-electron chi connectivity index (χ1n) is 7.46. The molecule has 1 amide bonds. The van der Waals surface area contributed by atoms with Crippen LogP contribution in [-0.2, 0) is 7.05 Å². The van der Waals surface area contributed by atoms with Gasteiger partial charge in [0.2, 0.25) is 11.7 Å². The summed E-state index contributed by atoms with van der Waals surface area (Å²) in [5.74, 6) is 1.07. The molecular formula is C16H14N4O4. The normalized spacial score (nSPS) is 14.6. The Morgan fingerprint density at radius 1 is 1.29 bits per heavy atom. The van der Waals surface area contributed by atoms with Gasteiger partial charge in [-0.1, -0.05) is 5.16 Å². The van der Waals surface area contributed by atoms with E-state index in [1.807, 2.05) is 0 Å². The van der Waals surface area contributed by atoms with Crippen molar-refractivity contribution in [2.45, 2.75) is 5.92 Å². The predicted octanol–water partition coefficient (Wildman–Crippen LogP) is 1.27. The summed E-state index contributed by atoms with van der Waals surface area (Å²) >= 11 is 0. The van der Waals surface area contributed by atoms with Crippen LogP contribution in [0.15, 0.2) is 50.5 Å². The molecule has 4 heterocycles. The molecule has 1 saturated heterocycles. The minimum absolute atomic E-state index is 0.0299. The highest BCUT2D eigenvalue weighted by Crippen LogP contribution is 2.28. The molecule has 0 saturated carbocycles. The van der Waals surface area contributed by atoms with Crippen molar-refractivity contribution in [2.75, 3.05) is 13.1 Å². The third-order valence-corrected chi connectivity index (χ3v) is 4.06. The van der Waals surface area contributed by atoms with E-state index in [0.29, 0.717) is 30.6 Å². The van der Waals surface area contributed by atoms with Gasteiger partial charge in [0.1, 0.15) is 5.56 Å². The van der Waals surface area contributed by atoms with Crippen molar-refractivity contribution in [3.63, 3.8) is 0 Å². The second-order valence-electron chi connectivity index (χ2n) is 5.68. The highest BCUT2D eigenvalue weighted by atomic mass is 16.5. The monoisotopic (exact) mass is 326 g/mol. The maximum atomic E-state index is 12.4. The topological polar surface area (TPSA) is 94.4 Å². The summed E-state index contributed by atoms with van der Waals surface area (Å²) in [6.07, 6.45) is 3.15. The van der Waals surface area contributed by atoms with Crippen LogP contribution in [0.1, 0.15) is 22.2 Å². The average Bonchev–Trinajstić information content (AvgIpc) is 3.19. The summed E-state index contributed by atoms with van der Waals surface area (Å²) in [7, 11) is 1.62. The molecule has 1 aliphatic rings. The summed E-state index contributed by atoms with van der Waals surface area (Å²) < 4.78 is 11.9. The molecule has 8 heteroatoms. The van der Waals surface area contributed by atoms with Crippen molar-refractivity contribution in [1.29, 1.82) is 0 Å². The fourth-order valence-corrected chi connectivity index (χ4v) is 2.64. The minimum Gasteiger partial charge on any atom is -0.461 e. The number of carbonyl (C=O) groups excluding carboxylic acids is 1. The van der Waals surface area contributed by atoms with Gasteiger partial charge in [-0.25, -0.2) is 0 Å². The second-order valence-corrected chi connectivity index (χ2v) is 5.68. The maximum absolute atomic E-state index is 12.4. The molecular weight excluding hydrogens is 312 g/mol. The standard InChI is InChI=1S/C16H14N4O4/c1-19-6-2-4-11(15(19)21)16(22)20-8-10(9-20)14-17-13(18-24-14)12-5-3-7-23-12/h2-7,10H,8-9H2,1H3. The summed E-state index contributed by atoms with van der Waals surface area (Å²) in [6.45, 7) is 0.882. The first-order valence-corrected chi connectivity index (χ1v) is 7.46. The molecule has 0 aromatic carbocycles. The molecule has 1 fully saturated rings. The number of hydrogen-bond donors (Lipinski definition) is 0. The summed E-state index contributed by atoms with van der Waals surface area (Å²) in [6, 6.07) is 6.71. The Labute approximate surface area is 136 Å². The van der Waals surface area contributed by atoms with E-state index < -0.39 is 0 Å². The average molecular weight is 326 g/mol. The molecule has 24 heavy (non-hydrogen) atoms. The lowest BCUT2D eigenvalue weighted by Crippen LogP contribution is -2.50. The third kappa shape index (κ3) is 2.32. The molecule has 0 bridgehead atoms. The van der Waals surface area contributed by atoms with Crippen LogP contribution < -0.4 is 5.56 Å². The van der Waals surface area contributed by atoms with Crippen LogP contribution in [0.2, 0.25) is 0 Å². The van der Waals surface area contributed by atoms with Crippen LogP contribution in [0.3, 0.4) is 0 Å². The van der Waals surface area contributed by atoms with Crippen LogP contribution in [0.5, 0.6) is 0 Å². The largest absolute Gasteiger partial charge is 0.461 e. The third-order valence-electron chi connectivity index (χ3n) is 4.06. The van der Waals surface area contributed by atoms with E-state index in [2.05, 4.69) is 10.1 Å². The van der Waals surface area contributed by atoms with Crippen LogP contribution in [0, 0.1) is 0 Å². The SMILES string of the molecule is Cn1cccc(C(=O)N2CC(c3nc(-c4ccco4)no3)C2)c1=O. The Kier molecular flexibility index (Phi) is 3.30. The maximum Gasteiger partial charge on any atom is 0.263 e. The van der Waals surface area contributed by atoms with Crippen LogP contribution in [-0.4, -0.2) is 38.6 Å². The minimum atomic E-state index is -0.302. The molecule has 4 rings (SSSR count). The van der Waals surface area contributed by atoms with Crippen LogP contribution >= 0.6 is 0 Å². The number of carbonyl (C=O) groups is 1. The molecule has 0 radical (unpaired) electrons. The van der Waals surface area contributed by atoms with Gasteiger partial charge in [0, 0.05) is 26.3 Å². The van der Waals surface area contributed by atoms with Gasteiger partial charge in [-0.15, -0.1) is 0 Å². The highest BCUT2D eigenvalue weighted by Gasteiger charge is 2.37. The predicted molar refractivity (Wildman–Crippen MR) is 82.3 cm³/mol. The van der Waals surface area contributed by atoms with Crippen molar-refractivity contribution < 1.29 is 13.7 Å². The van der Waals surface area contributed by atoms with E-state index in [4.69, 9.17) is 8.94 Å². The van der Waals surface area contributed by atoms with E-state index >= 15 is 0 Å². The number of nitrogens with zero attached hydrogens (tertiary/aromatic N) is 4. The Morgan fingerprint density at radius 3 is 2.88 bits per heavy atom. The Balaban J connectivity index is 1.46. The fourth-order valence-electron chi connectivity index (χ4n) is 2.64. The second kappa shape index (κ2) is 5.48. The van der Waals surface area contributed by atoms with E-state index in [1.54, 1.807) is 42.4 Å². The van der Waals surface area contributed by atoms with Crippen molar-refractivity contribution in [2.24, 2.45) is 7.05 Å². The van der Waals surface area contributed by atoms with Crippen molar-refractivity contribution in [1.82, 2.24) is 19.6 Å². The first-order chi connectivity index (χ1) is 11.6. The van der Waals surface area contributed by atoms with Gasteiger partial charge in [-0.2, -0.15) is 4.98 Å². The molecule has 0 atom stereocenters. The van der Waals surface area contributed by atoms with Gasteiger partial charge in [-0.05, 0) is 24.3 Å². The Bertz CT molecular complexity index is 935. The number of aryl methyl sites for hydroxylation is 1. The van der Waals surface area contributed by atoms with Gasteiger partial charge >= 0.3 is 0 Å². The zero-order valence-corrected chi connectivity index (χ0v) is 12.9. The van der Waals surface area contributed by atoms with Gasteiger partial charge < -0.3 is 18.4 Å². The molecule has 122 valence electrons. The van der Waals surface area contributed by atoms with Crippen molar-refractivity contribution >= 4 is 5.91 Å². The highest BCUT2D eigenvalue weighted by molar-refractivity contribution is 5.94. The van der Waals surface area contributed by atoms with Gasteiger partial charge in [0.25, 0.3) is 11.5 Å². The van der Waals surface area contributed by atoms with E-state index in [1.165, 1.54) is 10.8 Å². The van der Waals surface area contributed by atoms with Gasteiger partial charge in [0.05, 0.1) is 12.2 Å². The van der Waals surface area contributed by atoms with E-state index in [9.17, 15) is 9.59 Å². The zero-order chi connectivity index (χ0) is 16.7. The number of likely N-dealkylation sites (tertiary alicyclic amines) is 1. The van der Waals surface area contributed by atoms with Crippen molar-refractivity contribution in [3.8, 4) is 11.6 Å².